The molecule has 3 rings (SSSR count). The molecule has 1 aliphatic rings. The van der Waals surface area contributed by atoms with Crippen molar-refractivity contribution in [2.24, 2.45) is 5.92 Å². The summed E-state index contributed by atoms with van der Waals surface area (Å²) in [6.07, 6.45) is 1.04. The van der Waals surface area contributed by atoms with E-state index in [4.69, 9.17) is 4.74 Å². The summed E-state index contributed by atoms with van der Waals surface area (Å²) in [5, 5.41) is 0. The summed E-state index contributed by atoms with van der Waals surface area (Å²) in [7, 11) is -3.51. The van der Waals surface area contributed by atoms with Crippen molar-refractivity contribution in [1.29, 1.82) is 0 Å². The van der Waals surface area contributed by atoms with Crippen molar-refractivity contribution in [2.45, 2.75) is 38.2 Å². The second kappa shape index (κ2) is 8.31. The van der Waals surface area contributed by atoms with E-state index in [1.165, 1.54) is 11.3 Å². The van der Waals surface area contributed by atoms with Gasteiger partial charge < -0.3 is 9.64 Å². The molecule has 5 nitrogen and oxygen atoms in total. The van der Waals surface area contributed by atoms with E-state index in [1.807, 2.05) is 13.8 Å². The molecule has 0 aliphatic carbocycles. The molecule has 1 unspecified atom stereocenters. The van der Waals surface area contributed by atoms with Crippen molar-refractivity contribution < 1.29 is 13.2 Å². The molecular formula is C21H28N2O3S. The summed E-state index contributed by atoms with van der Waals surface area (Å²) in [5.41, 5.74) is 2.45. The number of nitrogens with zero attached hydrogens (tertiary/aromatic N) is 1. The number of sulfonamides is 1. The van der Waals surface area contributed by atoms with Gasteiger partial charge in [0.1, 0.15) is 5.75 Å². The number of anilines is 1. The molecule has 146 valence electrons. The van der Waals surface area contributed by atoms with Gasteiger partial charge in [0.05, 0.1) is 11.0 Å². The molecule has 1 aliphatic heterocycles. The lowest BCUT2D eigenvalue weighted by Gasteiger charge is -2.19. The van der Waals surface area contributed by atoms with Gasteiger partial charge in [-0.3, -0.25) is 0 Å². The smallest absolute Gasteiger partial charge is 0.240 e. The quantitative estimate of drug-likeness (QED) is 0.788. The van der Waals surface area contributed by atoms with Crippen LogP contribution in [0, 0.1) is 12.8 Å². The van der Waals surface area contributed by atoms with E-state index in [1.54, 1.807) is 24.3 Å². The van der Waals surface area contributed by atoms with Gasteiger partial charge in [-0.1, -0.05) is 12.1 Å². The number of hydrogen-bond acceptors (Lipinski definition) is 4. The summed E-state index contributed by atoms with van der Waals surface area (Å²) >= 11 is 0. The molecule has 0 spiro atoms. The van der Waals surface area contributed by atoms with Gasteiger partial charge in [-0.05, 0) is 75.1 Å². The number of nitrogens with one attached hydrogen (secondary N) is 1. The Balaban J connectivity index is 1.56. The number of benzene rings is 2. The average molecular weight is 389 g/mol. The molecule has 1 N–H and O–H groups in total. The lowest BCUT2D eigenvalue weighted by Crippen LogP contribution is -2.31. The number of hydrogen-bond donors (Lipinski definition) is 1. The van der Waals surface area contributed by atoms with Crippen LogP contribution in [0.2, 0.25) is 0 Å². The van der Waals surface area contributed by atoms with Crippen molar-refractivity contribution in [3.05, 3.63) is 54.1 Å². The van der Waals surface area contributed by atoms with E-state index < -0.39 is 10.0 Å². The molecule has 1 heterocycles. The van der Waals surface area contributed by atoms with Crippen LogP contribution >= 0.6 is 0 Å². The largest absolute Gasteiger partial charge is 0.491 e. The van der Waals surface area contributed by atoms with Crippen LogP contribution in [0.1, 0.15) is 25.8 Å². The molecule has 0 amide bonds. The van der Waals surface area contributed by atoms with Crippen LogP contribution in [-0.4, -0.2) is 34.2 Å². The molecule has 1 atom stereocenters. The van der Waals surface area contributed by atoms with Crippen molar-refractivity contribution >= 4 is 15.7 Å². The predicted molar refractivity (Wildman–Crippen MR) is 109 cm³/mol. The zero-order chi connectivity index (χ0) is 19.4. The second-order valence-corrected chi connectivity index (χ2v) is 9.20. The third-order valence-corrected chi connectivity index (χ3v) is 6.16. The average Bonchev–Trinajstić information content (AvgIpc) is 3.09. The maximum atomic E-state index is 12.6. The van der Waals surface area contributed by atoms with Crippen LogP contribution < -0.4 is 14.4 Å². The fraction of sp³-hybridized carbons (Fsp3) is 0.429. The summed E-state index contributed by atoms with van der Waals surface area (Å²) in [6, 6.07) is 15.0. The van der Waals surface area contributed by atoms with E-state index in [2.05, 4.69) is 40.8 Å². The van der Waals surface area contributed by atoms with E-state index in [9.17, 15) is 8.42 Å². The molecule has 0 radical (unpaired) electrons. The Labute approximate surface area is 162 Å². The zero-order valence-corrected chi connectivity index (χ0v) is 17.0. The van der Waals surface area contributed by atoms with Crippen LogP contribution in [0.4, 0.5) is 5.69 Å². The highest BCUT2D eigenvalue weighted by atomic mass is 32.2. The summed E-state index contributed by atoms with van der Waals surface area (Å²) in [6.45, 7) is 8.24. The van der Waals surface area contributed by atoms with Gasteiger partial charge >= 0.3 is 0 Å². The fourth-order valence-electron chi connectivity index (χ4n) is 3.34. The van der Waals surface area contributed by atoms with Gasteiger partial charge in [0.2, 0.25) is 10.0 Å². The first-order valence-electron chi connectivity index (χ1n) is 9.41. The standard InChI is InChI=1S/C21H28N2O3S/c1-16(2)26-20-7-9-21(10-8-20)27(24,25)22-14-18-11-12-23(15-18)19-6-4-5-17(3)13-19/h4-10,13,16,18,22H,11-12,14-15H2,1-3H3. The van der Waals surface area contributed by atoms with Gasteiger partial charge in [0.15, 0.2) is 0 Å². The number of rotatable bonds is 7. The molecule has 1 saturated heterocycles. The number of ether oxygens (including phenoxy) is 1. The first kappa shape index (κ1) is 19.7. The Bertz CT molecular complexity index is 863. The highest BCUT2D eigenvalue weighted by Gasteiger charge is 2.25. The second-order valence-electron chi connectivity index (χ2n) is 7.43. The third-order valence-electron chi connectivity index (χ3n) is 4.72. The van der Waals surface area contributed by atoms with Crippen LogP contribution in [0.25, 0.3) is 0 Å². The molecule has 0 bridgehead atoms. The zero-order valence-electron chi connectivity index (χ0n) is 16.2. The fourth-order valence-corrected chi connectivity index (χ4v) is 4.46. The lowest BCUT2D eigenvalue weighted by molar-refractivity contribution is 0.242. The molecule has 0 aromatic heterocycles. The van der Waals surface area contributed by atoms with E-state index in [0.29, 0.717) is 18.2 Å². The Hall–Kier alpha value is -2.05. The first-order chi connectivity index (χ1) is 12.8. The predicted octanol–water partition coefficient (Wildman–Crippen LogP) is 3.59. The summed E-state index contributed by atoms with van der Waals surface area (Å²) < 4.78 is 33.4. The van der Waals surface area contributed by atoms with Crippen molar-refractivity contribution in [3.8, 4) is 5.75 Å². The molecule has 2 aromatic rings. The summed E-state index contributed by atoms with van der Waals surface area (Å²) in [4.78, 5) is 2.59. The van der Waals surface area contributed by atoms with Crippen LogP contribution in [0.15, 0.2) is 53.4 Å². The Morgan fingerprint density at radius 3 is 2.59 bits per heavy atom. The van der Waals surface area contributed by atoms with Crippen LogP contribution in [-0.2, 0) is 10.0 Å². The van der Waals surface area contributed by atoms with E-state index in [-0.39, 0.29) is 11.0 Å². The molecular weight excluding hydrogens is 360 g/mol. The van der Waals surface area contributed by atoms with E-state index in [0.717, 1.165) is 19.5 Å². The summed E-state index contributed by atoms with van der Waals surface area (Å²) in [5.74, 6) is 0.984. The minimum atomic E-state index is -3.51. The van der Waals surface area contributed by atoms with Crippen LogP contribution in [0.5, 0.6) is 5.75 Å². The van der Waals surface area contributed by atoms with Gasteiger partial charge in [-0.15, -0.1) is 0 Å². The molecule has 1 fully saturated rings. The molecule has 27 heavy (non-hydrogen) atoms. The highest BCUT2D eigenvalue weighted by Crippen LogP contribution is 2.24. The topological polar surface area (TPSA) is 58.6 Å². The number of aryl methyl sites for hydroxylation is 1. The maximum Gasteiger partial charge on any atom is 0.240 e. The monoisotopic (exact) mass is 388 g/mol. The lowest BCUT2D eigenvalue weighted by atomic mass is 10.1. The highest BCUT2D eigenvalue weighted by molar-refractivity contribution is 7.89. The van der Waals surface area contributed by atoms with Gasteiger partial charge in [0, 0.05) is 25.3 Å². The Kier molecular flexibility index (Phi) is 6.07. The van der Waals surface area contributed by atoms with Gasteiger partial charge in [0.25, 0.3) is 0 Å². The van der Waals surface area contributed by atoms with Crippen molar-refractivity contribution in [1.82, 2.24) is 4.72 Å². The van der Waals surface area contributed by atoms with Gasteiger partial charge in [-0.25, -0.2) is 13.1 Å². The SMILES string of the molecule is Cc1cccc(N2CCC(CNS(=O)(=O)c3ccc(OC(C)C)cc3)C2)c1. The first-order valence-corrected chi connectivity index (χ1v) is 10.9. The van der Waals surface area contributed by atoms with Gasteiger partial charge in [-0.2, -0.15) is 0 Å². The molecule has 6 heteroatoms. The maximum absolute atomic E-state index is 12.6. The molecule has 0 saturated carbocycles. The molecule has 2 aromatic carbocycles. The minimum absolute atomic E-state index is 0.0595. The van der Waals surface area contributed by atoms with Crippen LogP contribution in [0.3, 0.4) is 0 Å². The van der Waals surface area contributed by atoms with E-state index >= 15 is 0 Å². The Morgan fingerprint density at radius 1 is 1.19 bits per heavy atom. The van der Waals surface area contributed by atoms with Crippen molar-refractivity contribution in [2.75, 3.05) is 24.5 Å². The van der Waals surface area contributed by atoms with Crippen molar-refractivity contribution in [3.63, 3.8) is 0 Å². The Morgan fingerprint density at radius 2 is 1.93 bits per heavy atom. The minimum Gasteiger partial charge on any atom is -0.491 e. The normalized spacial score (nSPS) is 17.5. The third kappa shape index (κ3) is 5.23.